The molecular weight excluding hydrogens is 294 g/mol. The van der Waals surface area contributed by atoms with Gasteiger partial charge in [0.2, 0.25) is 11.6 Å². The maximum absolute atomic E-state index is 11.2. The first-order valence-corrected chi connectivity index (χ1v) is 7.25. The lowest BCUT2D eigenvalue weighted by molar-refractivity contribution is -0.383. The highest BCUT2D eigenvalue weighted by Crippen LogP contribution is 2.29. The molecule has 112 valence electrons. The summed E-state index contributed by atoms with van der Waals surface area (Å²) < 4.78 is 0. The Balaban J connectivity index is 2.15. The molecule has 2 aromatic heterocycles. The molecule has 0 saturated heterocycles. The molecular formula is C12H15N5O3S. The number of hydrogen-bond donors (Lipinski definition) is 3. The van der Waals surface area contributed by atoms with E-state index in [4.69, 9.17) is 0 Å². The number of aromatic nitrogens is 2. The van der Waals surface area contributed by atoms with E-state index in [9.17, 15) is 15.2 Å². The van der Waals surface area contributed by atoms with Gasteiger partial charge in [0.05, 0.1) is 11.0 Å². The molecule has 8 nitrogen and oxygen atoms in total. The minimum atomic E-state index is -0.756. The van der Waals surface area contributed by atoms with Crippen molar-refractivity contribution < 1.29 is 10.0 Å². The van der Waals surface area contributed by atoms with Crippen LogP contribution in [-0.4, -0.2) is 33.1 Å². The maximum atomic E-state index is 11.2. The van der Waals surface area contributed by atoms with E-state index in [0.717, 1.165) is 5.56 Å². The van der Waals surface area contributed by atoms with Crippen molar-refractivity contribution >= 4 is 28.7 Å². The first-order valence-electron chi connectivity index (χ1n) is 6.30. The highest BCUT2D eigenvalue weighted by molar-refractivity contribution is 7.07. The van der Waals surface area contributed by atoms with Crippen molar-refractivity contribution in [1.82, 2.24) is 9.97 Å². The Hall–Kier alpha value is -2.26. The lowest BCUT2D eigenvalue weighted by Crippen LogP contribution is -2.15. The number of nitrogens with zero attached hydrogens (tertiary/aromatic N) is 3. The molecule has 9 heteroatoms. The lowest BCUT2D eigenvalue weighted by atomic mass is 10.2. The molecule has 2 heterocycles. The number of rotatable bonds is 7. The highest BCUT2D eigenvalue weighted by Gasteiger charge is 2.23. The SMILES string of the molecule is CCNc1ncnc(NCC(O)c2ccsc2)c1[N+](=O)[O-]. The standard InChI is InChI=1S/C12H15N5O3S/c1-2-13-11-10(17(19)20)12(16-7-15-11)14-5-9(18)8-3-4-21-6-8/h3-4,6-7,9,18H,2,5H2,1H3,(H2,13,14,15,16). The molecule has 21 heavy (non-hydrogen) atoms. The molecule has 0 aliphatic rings. The average molecular weight is 309 g/mol. The monoisotopic (exact) mass is 309 g/mol. The van der Waals surface area contributed by atoms with E-state index in [1.54, 1.807) is 6.07 Å². The van der Waals surface area contributed by atoms with Crippen LogP contribution < -0.4 is 10.6 Å². The fraction of sp³-hybridized carbons (Fsp3) is 0.333. The molecule has 0 amide bonds. The Bertz CT molecular complexity index is 605. The number of aliphatic hydroxyl groups excluding tert-OH is 1. The van der Waals surface area contributed by atoms with E-state index in [1.165, 1.54) is 17.7 Å². The molecule has 1 atom stereocenters. The summed E-state index contributed by atoms with van der Waals surface area (Å²) in [4.78, 5) is 18.4. The normalized spacial score (nSPS) is 11.9. The Morgan fingerprint density at radius 1 is 1.43 bits per heavy atom. The zero-order valence-electron chi connectivity index (χ0n) is 11.3. The topological polar surface area (TPSA) is 113 Å². The Kier molecular flexibility index (Phi) is 5.01. The van der Waals surface area contributed by atoms with Crippen LogP contribution in [0.5, 0.6) is 0 Å². The van der Waals surface area contributed by atoms with Gasteiger partial charge in [0.25, 0.3) is 0 Å². The number of anilines is 2. The predicted octanol–water partition coefficient (Wildman–Crippen LogP) is 2.02. The lowest BCUT2D eigenvalue weighted by Gasteiger charge is -2.12. The van der Waals surface area contributed by atoms with Gasteiger partial charge in [-0.05, 0) is 29.3 Å². The van der Waals surface area contributed by atoms with Crippen molar-refractivity contribution in [2.24, 2.45) is 0 Å². The number of nitrogens with one attached hydrogen (secondary N) is 2. The fourth-order valence-electron chi connectivity index (χ4n) is 1.75. The number of aliphatic hydroxyl groups is 1. The van der Waals surface area contributed by atoms with Gasteiger partial charge in [0.15, 0.2) is 0 Å². The second-order valence-corrected chi connectivity index (χ2v) is 4.94. The molecule has 0 fully saturated rings. The minimum Gasteiger partial charge on any atom is -0.387 e. The maximum Gasteiger partial charge on any atom is 0.353 e. The summed E-state index contributed by atoms with van der Waals surface area (Å²) in [6.45, 7) is 2.45. The van der Waals surface area contributed by atoms with E-state index < -0.39 is 11.0 Å². The van der Waals surface area contributed by atoms with Crippen LogP contribution in [0.1, 0.15) is 18.6 Å². The van der Waals surface area contributed by atoms with Gasteiger partial charge in [0, 0.05) is 13.1 Å². The third-order valence-electron chi connectivity index (χ3n) is 2.74. The number of hydrogen-bond acceptors (Lipinski definition) is 8. The minimum absolute atomic E-state index is 0.0835. The summed E-state index contributed by atoms with van der Waals surface area (Å²) in [7, 11) is 0. The highest BCUT2D eigenvalue weighted by atomic mass is 32.1. The van der Waals surface area contributed by atoms with E-state index in [1.807, 2.05) is 17.7 Å². The molecule has 0 aromatic carbocycles. The van der Waals surface area contributed by atoms with Crippen LogP contribution in [0.2, 0.25) is 0 Å². The summed E-state index contributed by atoms with van der Waals surface area (Å²) in [6.07, 6.45) is 0.484. The molecule has 1 unspecified atom stereocenters. The molecule has 0 aliphatic heterocycles. The summed E-state index contributed by atoms with van der Waals surface area (Å²) in [5, 5.41) is 30.5. The molecule has 0 bridgehead atoms. The first kappa shape index (κ1) is 15.1. The second-order valence-electron chi connectivity index (χ2n) is 4.16. The quantitative estimate of drug-likeness (QED) is 0.529. The van der Waals surface area contributed by atoms with Crippen molar-refractivity contribution in [2.45, 2.75) is 13.0 Å². The van der Waals surface area contributed by atoms with Gasteiger partial charge in [0.1, 0.15) is 6.33 Å². The summed E-state index contributed by atoms with van der Waals surface area (Å²) in [5.74, 6) is 0.241. The molecule has 0 saturated carbocycles. The molecule has 3 N–H and O–H groups in total. The van der Waals surface area contributed by atoms with Gasteiger partial charge in [-0.1, -0.05) is 0 Å². The van der Waals surface area contributed by atoms with Crippen molar-refractivity contribution in [3.63, 3.8) is 0 Å². The van der Waals surface area contributed by atoms with Crippen LogP contribution in [0, 0.1) is 10.1 Å². The van der Waals surface area contributed by atoms with Crippen LogP contribution in [0.4, 0.5) is 17.3 Å². The van der Waals surface area contributed by atoms with Crippen LogP contribution in [-0.2, 0) is 0 Å². The van der Waals surface area contributed by atoms with E-state index >= 15 is 0 Å². The fourth-order valence-corrected chi connectivity index (χ4v) is 2.46. The number of thiophene rings is 1. The number of nitro groups is 1. The zero-order valence-corrected chi connectivity index (χ0v) is 12.1. The van der Waals surface area contributed by atoms with Crippen LogP contribution in [0.25, 0.3) is 0 Å². The Morgan fingerprint density at radius 2 is 2.14 bits per heavy atom. The largest absolute Gasteiger partial charge is 0.387 e. The summed E-state index contributed by atoms with van der Waals surface area (Å²) in [5.41, 5.74) is 0.535. The van der Waals surface area contributed by atoms with Crippen molar-refractivity contribution in [2.75, 3.05) is 23.7 Å². The Labute approximate surface area is 125 Å². The van der Waals surface area contributed by atoms with Crippen LogP contribution in [0.15, 0.2) is 23.2 Å². The second kappa shape index (κ2) is 6.95. The van der Waals surface area contributed by atoms with Gasteiger partial charge in [-0.15, -0.1) is 0 Å². The summed E-state index contributed by atoms with van der Waals surface area (Å²) in [6, 6.07) is 1.80. The van der Waals surface area contributed by atoms with Crippen molar-refractivity contribution in [3.05, 3.63) is 38.8 Å². The van der Waals surface area contributed by atoms with Crippen molar-refractivity contribution in [1.29, 1.82) is 0 Å². The Morgan fingerprint density at radius 3 is 2.71 bits per heavy atom. The van der Waals surface area contributed by atoms with Gasteiger partial charge in [-0.3, -0.25) is 10.1 Å². The average Bonchev–Trinajstić information content (AvgIpc) is 2.99. The van der Waals surface area contributed by atoms with Gasteiger partial charge in [-0.2, -0.15) is 11.3 Å². The molecule has 0 radical (unpaired) electrons. The molecule has 2 rings (SSSR count). The van der Waals surface area contributed by atoms with E-state index in [2.05, 4.69) is 20.6 Å². The van der Waals surface area contributed by atoms with Gasteiger partial charge in [-0.25, -0.2) is 9.97 Å². The van der Waals surface area contributed by atoms with Crippen molar-refractivity contribution in [3.8, 4) is 0 Å². The van der Waals surface area contributed by atoms with E-state index in [-0.39, 0.29) is 23.9 Å². The third kappa shape index (κ3) is 3.64. The zero-order chi connectivity index (χ0) is 15.2. The molecule has 2 aromatic rings. The van der Waals surface area contributed by atoms with Crippen LogP contribution in [0.3, 0.4) is 0 Å². The van der Waals surface area contributed by atoms with E-state index in [0.29, 0.717) is 6.54 Å². The van der Waals surface area contributed by atoms with Gasteiger partial charge >= 0.3 is 5.69 Å². The third-order valence-corrected chi connectivity index (χ3v) is 3.44. The predicted molar refractivity (Wildman–Crippen MR) is 80.6 cm³/mol. The molecule has 0 spiro atoms. The van der Waals surface area contributed by atoms with Gasteiger partial charge < -0.3 is 15.7 Å². The molecule has 0 aliphatic carbocycles. The smallest absolute Gasteiger partial charge is 0.353 e. The van der Waals surface area contributed by atoms with Crippen LogP contribution >= 0.6 is 11.3 Å². The summed E-state index contributed by atoms with van der Waals surface area (Å²) >= 11 is 1.48. The first-order chi connectivity index (χ1) is 10.1.